The second-order valence-electron chi connectivity index (χ2n) is 3.80. The van der Waals surface area contributed by atoms with Crippen LogP contribution in [-0.2, 0) is 11.2 Å². The molecular formula is C12H16N4O2. The molecule has 2 rings (SSSR count). The van der Waals surface area contributed by atoms with Crippen LogP contribution in [0.25, 0.3) is 0 Å². The van der Waals surface area contributed by atoms with Gasteiger partial charge >= 0.3 is 0 Å². The Morgan fingerprint density at radius 3 is 2.61 bits per heavy atom. The summed E-state index contributed by atoms with van der Waals surface area (Å²) in [5, 5.41) is 6.56. The molecule has 0 amide bonds. The molecule has 2 aromatic rings. The quantitative estimate of drug-likeness (QED) is 0.745. The van der Waals surface area contributed by atoms with Crippen molar-refractivity contribution in [3.05, 3.63) is 35.7 Å². The highest BCUT2D eigenvalue weighted by Gasteiger charge is 2.02. The van der Waals surface area contributed by atoms with Crippen molar-refractivity contribution in [2.24, 2.45) is 0 Å². The van der Waals surface area contributed by atoms with Gasteiger partial charge in [0.25, 0.3) is 0 Å². The van der Waals surface area contributed by atoms with Gasteiger partial charge in [-0.1, -0.05) is 12.1 Å². The molecule has 0 saturated carbocycles. The van der Waals surface area contributed by atoms with Crippen molar-refractivity contribution in [3.8, 4) is 5.75 Å². The van der Waals surface area contributed by atoms with Crippen LogP contribution in [0.4, 0.5) is 5.95 Å². The summed E-state index contributed by atoms with van der Waals surface area (Å²) in [5.74, 6) is 1.85. The van der Waals surface area contributed by atoms with Crippen LogP contribution in [0.15, 0.2) is 24.3 Å². The van der Waals surface area contributed by atoms with Crippen molar-refractivity contribution in [2.75, 3.05) is 26.1 Å². The van der Waals surface area contributed by atoms with Gasteiger partial charge in [-0.2, -0.15) is 4.98 Å². The number of nitrogens with two attached hydrogens (primary N) is 1. The van der Waals surface area contributed by atoms with Crippen molar-refractivity contribution in [3.63, 3.8) is 0 Å². The van der Waals surface area contributed by atoms with E-state index in [4.69, 9.17) is 15.2 Å². The molecule has 0 aliphatic carbocycles. The van der Waals surface area contributed by atoms with Gasteiger partial charge in [0.1, 0.15) is 18.2 Å². The maximum atomic E-state index is 5.47. The number of ether oxygens (including phenoxy) is 2. The first-order valence-corrected chi connectivity index (χ1v) is 5.65. The second kappa shape index (κ2) is 6.02. The highest BCUT2D eigenvalue weighted by molar-refractivity contribution is 5.29. The minimum atomic E-state index is 0.268. The van der Waals surface area contributed by atoms with E-state index in [1.807, 2.05) is 24.3 Å². The first-order chi connectivity index (χ1) is 8.78. The molecule has 0 fully saturated rings. The van der Waals surface area contributed by atoms with Crippen LogP contribution in [-0.4, -0.2) is 35.5 Å². The fourth-order valence-electron chi connectivity index (χ4n) is 1.53. The molecule has 1 aromatic carbocycles. The molecular weight excluding hydrogens is 232 g/mol. The maximum Gasteiger partial charge on any atom is 0.239 e. The molecule has 1 heterocycles. The van der Waals surface area contributed by atoms with E-state index in [2.05, 4.69) is 15.2 Å². The number of hydrogen-bond acceptors (Lipinski definition) is 5. The summed E-state index contributed by atoms with van der Waals surface area (Å²) >= 11 is 0. The summed E-state index contributed by atoms with van der Waals surface area (Å²) in [4.78, 5) is 4.05. The first-order valence-electron chi connectivity index (χ1n) is 5.65. The number of anilines is 1. The molecule has 3 N–H and O–H groups in total. The standard InChI is InChI=1S/C12H16N4O2/c1-17-6-7-18-10-4-2-9(3-5-10)8-11-14-12(13)16-15-11/h2-5H,6-8H2,1H3,(H3,13,14,15,16). The molecule has 0 atom stereocenters. The minimum Gasteiger partial charge on any atom is -0.491 e. The van der Waals surface area contributed by atoms with Gasteiger partial charge in [-0.25, -0.2) is 0 Å². The van der Waals surface area contributed by atoms with E-state index in [-0.39, 0.29) is 5.95 Å². The summed E-state index contributed by atoms with van der Waals surface area (Å²) in [6.45, 7) is 1.13. The monoisotopic (exact) mass is 248 g/mol. The van der Waals surface area contributed by atoms with E-state index >= 15 is 0 Å². The van der Waals surface area contributed by atoms with Gasteiger partial charge in [-0.15, -0.1) is 5.10 Å². The third-order valence-corrected chi connectivity index (χ3v) is 2.40. The SMILES string of the molecule is COCCOc1ccc(Cc2nc(N)n[nH]2)cc1. The van der Waals surface area contributed by atoms with E-state index < -0.39 is 0 Å². The molecule has 6 heteroatoms. The molecule has 0 saturated heterocycles. The Labute approximate surface area is 105 Å². The number of nitrogens with one attached hydrogen (secondary N) is 1. The van der Waals surface area contributed by atoms with Gasteiger partial charge in [0, 0.05) is 13.5 Å². The van der Waals surface area contributed by atoms with E-state index in [0.717, 1.165) is 17.1 Å². The predicted octanol–water partition coefficient (Wildman–Crippen LogP) is 1.00. The third-order valence-electron chi connectivity index (χ3n) is 2.40. The number of nitrogen functional groups attached to an aromatic ring is 1. The largest absolute Gasteiger partial charge is 0.491 e. The Balaban J connectivity index is 1.91. The highest BCUT2D eigenvalue weighted by Crippen LogP contribution is 2.14. The Morgan fingerprint density at radius 1 is 1.22 bits per heavy atom. The molecule has 0 radical (unpaired) electrons. The van der Waals surface area contributed by atoms with Gasteiger partial charge < -0.3 is 15.2 Å². The van der Waals surface area contributed by atoms with Gasteiger partial charge in [0.2, 0.25) is 5.95 Å². The van der Waals surface area contributed by atoms with Gasteiger partial charge in [-0.3, -0.25) is 5.10 Å². The average molecular weight is 248 g/mol. The van der Waals surface area contributed by atoms with Crippen molar-refractivity contribution in [1.29, 1.82) is 0 Å². The topological polar surface area (TPSA) is 86.1 Å². The normalized spacial score (nSPS) is 10.5. The van der Waals surface area contributed by atoms with Crippen LogP contribution in [0.2, 0.25) is 0 Å². The van der Waals surface area contributed by atoms with E-state index in [1.54, 1.807) is 7.11 Å². The van der Waals surface area contributed by atoms with E-state index in [1.165, 1.54) is 0 Å². The Bertz CT molecular complexity index is 481. The third kappa shape index (κ3) is 3.46. The van der Waals surface area contributed by atoms with Crippen LogP contribution in [0.5, 0.6) is 5.75 Å². The zero-order chi connectivity index (χ0) is 12.8. The zero-order valence-electron chi connectivity index (χ0n) is 10.2. The molecule has 0 aliphatic rings. The smallest absolute Gasteiger partial charge is 0.239 e. The lowest BCUT2D eigenvalue weighted by Gasteiger charge is -2.05. The number of benzene rings is 1. The van der Waals surface area contributed by atoms with Crippen LogP contribution in [0.1, 0.15) is 11.4 Å². The summed E-state index contributed by atoms with van der Waals surface area (Å²) < 4.78 is 10.4. The lowest BCUT2D eigenvalue weighted by molar-refractivity contribution is 0.146. The Kier molecular flexibility index (Phi) is 4.14. The van der Waals surface area contributed by atoms with Gasteiger partial charge in [0.05, 0.1) is 6.61 Å². The number of hydrogen-bond donors (Lipinski definition) is 2. The van der Waals surface area contributed by atoms with Crippen LogP contribution >= 0.6 is 0 Å². The van der Waals surface area contributed by atoms with Crippen LogP contribution in [0, 0.1) is 0 Å². The van der Waals surface area contributed by atoms with Gasteiger partial charge in [-0.05, 0) is 17.7 Å². The molecule has 18 heavy (non-hydrogen) atoms. The van der Waals surface area contributed by atoms with E-state index in [9.17, 15) is 0 Å². The second-order valence-corrected chi connectivity index (χ2v) is 3.80. The van der Waals surface area contributed by atoms with Crippen molar-refractivity contribution >= 4 is 5.95 Å². The molecule has 0 unspecified atom stereocenters. The van der Waals surface area contributed by atoms with Crippen molar-refractivity contribution in [2.45, 2.75) is 6.42 Å². The van der Waals surface area contributed by atoms with Gasteiger partial charge in [0.15, 0.2) is 0 Å². The fourth-order valence-corrected chi connectivity index (χ4v) is 1.53. The molecule has 0 spiro atoms. The number of aromatic amines is 1. The molecule has 0 bridgehead atoms. The Morgan fingerprint density at radius 2 is 2.00 bits per heavy atom. The first kappa shape index (κ1) is 12.4. The Hall–Kier alpha value is -2.08. The summed E-state index contributed by atoms with van der Waals surface area (Å²) in [7, 11) is 1.65. The maximum absolute atomic E-state index is 5.47. The van der Waals surface area contributed by atoms with Crippen LogP contribution < -0.4 is 10.5 Å². The highest BCUT2D eigenvalue weighted by atomic mass is 16.5. The molecule has 1 aromatic heterocycles. The number of aromatic nitrogens is 3. The number of methoxy groups -OCH3 is 1. The zero-order valence-corrected chi connectivity index (χ0v) is 10.2. The lowest BCUT2D eigenvalue weighted by Crippen LogP contribution is -2.04. The minimum absolute atomic E-state index is 0.268. The number of H-pyrrole nitrogens is 1. The lowest BCUT2D eigenvalue weighted by atomic mass is 10.1. The molecule has 0 aliphatic heterocycles. The van der Waals surface area contributed by atoms with E-state index in [0.29, 0.717) is 19.6 Å². The molecule has 96 valence electrons. The molecule has 6 nitrogen and oxygen atoms in total. The summed E-state index contributed by atoms with van der Waals surface area (Å²) in [6, 6.07) is 7.82. The predicted molar refractivity (Wildman–Crippen MR) is 67.4 cm³/mol. The average Bonchev–Trinajstić information content (AvgIpc) is 2.77. The summed E-state index contributed by atoms with van der Waals surface area (Å²) in [5.41, 5.74) is 6.56. The van der Waals surface area contributed by atoms with Crippen LogP contribution in [0.3, 0.4) is 0 Å². The number of nitrogens with zero attached hydrogens (tertiary/aromatic N) is 2. The fraction of sp³-hybridized carbons (Fsp3) is 0.333. The summed E-state index contributed by atoms with van der Waals surface area (Å²) in [6.07, 6.45) is 0.669. The van der Waals surface area contributed by atoms with Crippen molar-refractivity contribution in [1.82, 2.24) is 15.2 Å². The van der Waals surface area contributed by atoms with Crippen molar-refractivity contribution < 1.29 is 9.47 Å². The number of rotatable bonds is 6.